The van der Waals surface area contributed by atoms with Crippen molar-refractivity contribution in [1.29, 1.82) is 5.41 Å². The van der Waals surface area contributed by atoms with Gasteiger partial charge in [-0.2, -0.15) is 0 Å². The van der Waals surface area contributed by atoms with Gasteiger partial charge >= 0.3 is 0 Å². The monoisotopic (exact) mass is 508 g/mol. The fourth-order valence-electron chi connectivity index (χ4n) is 5.63. The maximum Gasteiger partial charge on any atom is 0.254 e. The fraction of sp³-hybridized carbons (Fsp3) is 0.290. The standard InChI is InChI=1S/C31H32N4O3/c1-19-4-3-5-27-26(19)13-15-35(29(27)28(37)16-21-6-8-22(9-7-21)20(2)36)30(38)24-11-10-23-12-14-34(31(32)33)18-25(23)17-24/h3-11,17,29H,12-16,18H2,1-2H3,(H3,32,33). The van der Waals surface area contributed by atoms with Crippen LogP contribution in [-0.4, -0.2) is 46.3 Å². The zero-order chi connectivity index (χ0) is 27.0. The number of aryl methyl sites for hydroxylation is 1. The minimum atomic E-state index is -0.691. The number of ketones is 2. The summed E-state index contributed by atoms with van der Waals surface area (Å²) in [5, 5.41) is 7.79. The molecular weight excluding hydrogens is 476 g/mol. The lowest BCUT2D eigenvalue weighted by Crippen LogP contribution is -2.44. The highest BCUT2D eigenvalue weighted by Gasteiger charge is 2.36. The van der Waals surface area contributed by atoms with Crippen LogP contribution in [0.3, 0.4) is 0 Å². The molecular formula is C31H32N4O3. The summed E-state index contributed by atoms with van der Waals surface area (Å²) < 4.78 is 0. The molecule has 0 aliphatic carbocycles. The largest absolute Gasteiger partial charge is 0.370 e. The van der Waals surface area contributed by atoms with E-state index in [-0.39, 0.29) is 29.9 Å². The molecule has 0 radical (unpaired) electrons. The van der Waals surface area contributed by atoms with Crippen molar-refractivity contribution in [3.8, 4) is 0 Å². The number of carbonyl (C=O) groups excluding carboxylic acids is 3. The van der Waals surface area contributed by atoms with Crippen molar-refractivity contribution < 1.29 is 14.4 Å². The Labute approximate surface area is 222 Å². The Morgan fingerprint density at radius 1 is 0.947 bits per heavy atom. The molecule has 0 aromatic heterocycles. The van der Waals surface area contributed by atoms with E-state index in [0.29, 0.717) is 37.2 Å². The summed E-state index contributed by atoms with van der Waals surface area (Å²) in [6, 6.07) is 18.1. The van der Waals surface area contributed by atoms with Crippen molar-refractivity contribution in [2.75, 3.05) is 13.1 Å². The molecule has 2 aliphatic heterocycles. The molecule has 0 saturated carbocycles. The molecule has 2 aliphatic rings. The summed E-state index contributed by atoms with van der Waals surface area (Å²) in [5.41, 5.74) is 12.9. The van der Waals surface area contributed by atoms with Crippen molar-refractivity contribution in [3.63, 3.8) is 0 Å². The second kappa shape index (κ2) is 10.2. The number of nitrogens with two attached hydrogens (primary N) is 1. The van der Waals surface area contributed by atoms with Crippen molar-refractivity contribution in [2.45, 2.75) is 45.7 Å². The Kier molecular flexibility index (Phi) is 6.85. The molecule has 194 valence electrons. The van der Waals surface area contributed by atoms with E-state index in [4.69, 9.17) is 11.1 Å². The molecule has 5 rings (SSSR count). The molecule has 1 amide bonds. The van der Waals surface area contributed by atoms with Crippen LogP contribution in [0, 0.1) is 12.3 Å². The number of hydrogen-bond donors (Lipinski definition) is 2. The number of fused-ring (bicyclic) bond motifs is 2. The highest BCUT2D eigenvalue weighted by Crippen LogP contribution is 2.34. The second-order valence-corrected chi connectivity index (χ2v) is 10.2. The van der Waals surface area contributed by atoms with Gasteiger partial charge in [0.05, 0.1) is 0 Å². The zero-order valence-electron chi connectivity index (χ0n) is 21.8. The first-order valence-electron chi connectivity index (χ1n) is 13.0. The molecule has 1 unspecified atom stereocenters. The van der Waals surface area contributed by atoms with Gasteiger partial charge in [0.25, 0.3) is 5.91 Å². The van der Waals surface area contributed by atoms with E-state index in [0.717, 1.165) is 39.8 Å². The van der Waals surface area contributed by atoms with E-state index < -0.39 is 6.04 Å². The molecule has 0 saturated heterocycles. The average Bonchev–Trinajstić information content (AvgIpc) is 2.91. The number of carbonyl (C=O) groups is 3. The van der Waals surface area contributed by atoms with E-state index in [1.165, 1.54) is 6.92 Å². The first-order chi connectivity index (χ1) is 18.2. The van der Waals surface area contributed by atoms with Crippen molar-refractivity contribution in [3.05, 3.63) is 105 Å². The summed E-state index contributed by atoms with van der Waals surface area (Å²) in [5.74, 6) is -0.225. The quantitative estimate of drug-likeness (QED) is 0.308. The Bertz CT molecular complexity index is 1440. The molecule has 7 heteroatoms. The predicted molar refractivity (Wildman–Crippen MR) is 146 cm³/mol. The van der Waals surface area contributed by atoms with Crippen LogP contribution in [0.2, 0.25) is 0 Å². The van der Waals surface area contributed by atoms with E-state index in [9.17, 15) is 14.4 Å². The number of nitrogens with one attached hydrogen (secondary N) is 1. The number of Topliss-reactive ketones (excluding diaryl/α,β-unsaturated/α-hetero) is 2. The van der Waals surface area contributed by atoms with Gasteiger partial charge in [-0.05, 0) is 72.2 Å². The fourth-order valence-corrected chi connectivity index (χ4v) is 5.63. The first-order valence-corrected chi connectivity index (χ1v) is 13.0. The van der Waals surface area contributed by atoms with Crippen molar-refractivity contribution in [2.24, 2.45) is 5.73 Å². The third kappa shape index (κ3) is 4.84. The molecule has 3 N–H and O–H groups in total. The molecule has 7 nitrogen and oxygen atoms in total. The molecule has 3 aromatic rings. The maximum atomic E-state index is 13.9. The summed E-state index contributed by atoms with van der Waals surface area (Å²) >= 11 is 0. The lowest BCUT2D eigenvalue weighted by atomic mass is 9.85. The van der Waals surface area contributed by atoms with E-state index in [1.807, 2.05) is 55.5 Å². The van der Waals surface area contributed by atoms with Crippen LogP contribution in [0.5, 0.6) is 0 Å². The first kappa shape index (κ1) is 25.4. The molecule has 3 aromatic carbocycles. The Balaban J connectivity index is 1.47. The number of amides is 1. The minimum absolute atomic E-state index is 0.0206. The maximum absolute atomic E-state index is 13.9. The highest BCUT2D eigenvalue weighted by atomic mass is 16.2. The normalized spacial score (nSPS) is 16.4. The van der Waals surface area contributed by atoms with Gasteiger partial charge in [-0.15, -0.1) is 0 Å². The molecule has 1 atom stereocenters. The lowest BCUT2D eigenvalue weighted by Gasteiger charge is -2.37. The highest BCUT2D eigenvalue weighted by molar-refractivity contribution is 5.99. The predicted octanol–water partition coefficient (Wildman–Crippen LogP) is 4.00. The molecule has 38 heavy (non-hydrogen) atoms. The molecule has 2 heterocycles. The van der Waals surface area contributed by atoms with Crippen LogP contribution in [0.1, 0.15) is 67.1 Å². The minimum Gasteiger partial charge on any atom is -0.370 e. The molecule has 0 spiro atoms. The average molecular weight is 509 g/mol. The third-order valence-electron chi connectivity index (χ3n) is 7.77. The SMILES string of the molecule is CC(=O)c1ccc(CC(=O)C2c3cccc(C)c3CCN2C(=O)c2ccc3c(c2)CN(C(=N)N)CC3)cc1. The summed E-state index contributed by atoms with van der Waals surface area (Å²) in [4.78, 5) is 43.0. The Morgan fingerprint density at radius 2 is 1.68 bits per heavy atom. The smallest absolute Gasteiger partial charge is 0.254 e. The summed E-state index contributed by atoms with van der Waals surface area (Å²) in [6.07, 6.45) is 1.62. The zero-order valence-corrected chi connectivity index (χ0v) is 21.8. The summed E-state index contributed by atoms with van der Waals surface area (Å²) in [7, 11) is 0. The van der Waals surface area contributed by atoms with Gasteiger partial charge in [-0.3, -0.25) is 19.8 Å². The molecule has 0 bridgehead atoms. The van der Waals surface area contributed by atoms with Crippen molar-refractivity contribution in [1.82, 2.24) is 9.80 Å². The van der Waals surface area contributed by atoms with Crippen LogP contribution in [-0.2, 0) is 30.6 Å². The van der Waals surface area contributed by atoms with Crippen LogP contribution in [0.4, 0.5) is 0 Å². The summed E-state index contributed by atoms with van der Waals surface area (Å²) in [6.45, 7) is 5.19. The lowest BCUT2D eigenvalue weighted by molar-refractivity contribution is -0.123. The van der Waals surface area contributed by atoms with Gasteiger partial charge in [-0.1, -0.05) is 48.5 Å². The van der Waals surface area contributed by atoms with Gasteiger partial charge in [0.2, 0.25) is 0 Å². The van der Waals surface area contributed by atoms with Gasteiger partial charge < -0.3 is 15.5 Å². The van der Waals surface area contributed by atoms with E-state index in [1.54, 1.807) is 21.9 Å². The Morgan fingerprint density at radius 3 is 2.39 bits per heavy atom. The van der Waals surface area contributed by atoms with Gasteiger partial charge in [0, 0.05) is 37.2 Å². The molecule has 0 fully saturated rings. The van der Waals surface area contributed by atoms with Crippen LogP contribution < -0.4 is 5.73 Å². The van der Waals surface area contributed by atoms with Crippen LogP contribution in [0.15, 0.2) is 60.7 Å². The number of guanidine groups is 1. The third-order valence-corrected chi connectivity index (χ3v) is 7.77. The number of nitrogens with zero attached hydrogens (tertiary/aromatic N) is 2. The van der Waals surface area contributed by atoms with E-state index in [2.05, 4.69) is 0 Å². The van der Waals surface area contributed by atoms with E-state index >= 15 is 0 Å². The van der Waals surface area contributed by atoms with Gasteiger partial charge in [0.15, 0.2) is 17.5 Å². The number of hydrogen-bond acceptors (Lipinski definition) is 4. The second-order valence-electron chi connectivity index (χ2n) is 10.2. The van der Waals surface area contributed by atoms with Crippen molar-refractivity contribution >= 4 is 23.4 Å². The van der Waals surface area contributed by atoms with Gasteiger partial charge in [-0.25, -0.2) is 0 Å². The Hall–Kier alpha value is -4.26. The number of benzene rings is 3. The topological polar surface area (TPSA) is 108 Å². The van der Waals surface area contributed by atoms with Crippen LogP contribution in [0.25, 0.3) is 0 Å². The van der Waals surface area contributed by atoms with Crippen LogP contribution >= 0.6 is 0 Å². The van der Waals surface area contributed by atoms with Gasteiger partial charge in [0.1, 0.15) is 6.04 Å². The number of rotatable bonds is 5.